The van der Waals surface area contributed by atoms with E-state index in [-0.39, 0.29) is 5.78 Å². The zero-order chi connectivity index (χ0) is 22.8. The molecule has 32 heavy (non-hydrogen) atoms. The average Bonchev–Trinajstić information content (AvgIpc) is 3.05. The minimum Gasteiger partial charge on any atom is -0.456 e. The third-order valence-corrected chi connectivity index (χ3v) is 6.21. The molecule has 6 nitrogen and oxygen atoms in total. The summed E-state index contributed by atoms with van der Waals surface area (Å²) < 4.78 is 12.6. The maximum Gasteiger partial charge on any atom is 0.340 e. The Morgan fingerprint density at radius 3 is 1.84 bits per heavy atom. The highest BCUT2D eigenvalue weighted by atomic mass is 16.6. The Labute approximate surface area is 187 Å². The largest absolute Gasteiger partial charge is 0.456 e. The van der Waals surface area contributed by atoms with Gasteiger partial charge in [-0.25, -0.2) is 4.79 Å². The normalized spacial score (nSPS) is 14.7. The molecule has 0 unspecified atom stereocenters. The van der Waals surface area contributed by atoms with E-state index in [1.165, 1.54) is 6.92 Å². The smallest absolute Gasteiger partial charge is 0.340 e. The first-order chi connectivity index (χ1) is 15.2. The lowest BCUT2D eigenvalue weighted by molar-refractivity contribution is 0.0224. The number of hydrogen-bond acceptors (Lipinski definition) is 6. The zero-order valence-corrected chi connectivity index (χ0v) is 18.7. The summed E-state index contributed by atoms with van der Waals surface area (Å²) in [5, 5.41) is 0. The molecule has 0 saturated heterocycles. The highest BCUT2D eigenvalue weighted by Crippen LogP contribution is 2.57. The first-order valence-electron chi connectivity index (χ1n) is 10.4. The molecule has 0 saturated carbocycles. The third-order valence-electron chi connectivity index (χ3n) is 6.21. The van der Waals surface area contributed by atoms with Crippen molar-refractivity contribution in [3.8, 4) is 11.5 Å². The Bertz CT molecular complexity index is 1240. The van der Waals surface area contributed by atoms with Crippen LogP contribution < -0.4 is 14.5 Å². The molecular formula is C26H24N2O4. The van der Waals surface area contributed by atoms with E-state index in [2.05, 4.69) is 0 Å². The number of carbonyl (C=O) groups excluding carboxylic acids is 2. The molecule has 3 aromatic rings. The number of esters is 1. The van der Waals surface area contributed by atoms with E-state index in [1.807, 2.05) is 74.4 Å². The highest BCUT2D eigenvalue weighted by molar-refractivity contribution is 6.00. The number of rotatable bonds is 3. The third kappa shape index (κ3) is 2.72. The standard InChI is InChI=1S/C26H24N2O4/c1-15(29)16-6-9-19-22(12-16)26(32-25(19)30)20-10-7-17(27(2)3)13-23(20)31-24-14-18(28(4)5)8-11-21(24)26/h6-14H,1-5H3. The summed E-state index contributed by atoms with van der Waals surface area (Å²) in [6, 6.07) is 16.9. The van der Waals surface area contributed by atoms with Crippen LogP contribution in [0.5, 0.6) is 11.5 Å². The van der Waals surface area contributed by atoms with Crippen molar-refractivity contribution in [3.05, 3.63) is 82.4 Å². The number of hydrogen-bond donors (Lipinski definition) is 0. The van der Waals surface area contributed by atoms with Gasteiger partial charge in [0, 0.05) is 74.0 Å². The van der Waals surface area contributed by atoms with Crippen molar-refractivity contribution in [2.75, 3.05) is 38.0 Å². The molecule has 162 valence electrons. The monoisotopic (exact) mass is 428 g/mol. The highest BCUT2D eigenvalue weighted by Gasteiger charge is 2.53. The summed E-state index contributed by atoms with van der Waals surface area (Å²) in [6.45, 7) is 1.52. The average molecular weight is 428 g/mol. The number of anilines is 2. The van der Waals surface area contributed by atoms with Crippen LogP contribution in [-0.2, 0) is 10.3 Å². The van der Waals surface area contributed by atoms with Gasteiger partial charge in [0.25, 0.3) is 0 Å². The maximum absolute atomic E-state index is 13.0. The Balaban J connectivity index is 1.85. The van der Waals surface area contributed by atoms with E-state index < -0.39 is 11.6 Å². The van der Waals surface area contributed by atoms with Gasteiger partial charge in [-0.3, -0.25) is 4.79 Å². The van der Waals surface area contributed by atoms with Gasteiger partial charge in [-0.1, -0.05) is 6.07 Å². The first kappa shape index (κ1) is 20.1. The van der Waals surface area contributed by atoms with Crippen LogP contribution in [0.4, 0.5) is 11.4 Å². The number of nitrogens with zero attached hydrogens (tertiary/aromatic N) is 2. The van der Waals surface area contributed by atoms with Gasteiger partial charge in [-0.2, -0.15) is 0 Å². The fourth-order valence-corrected chi connectivity index (χ4v) is 4.47. The number of fused-ring (bicyclic) bond motifs is 6. The van der Waals surface area contributed by atoms with Crippen LogP contribution in [0.2, 0.25) is 0 Å². The van der Waals surface area contributed by atoms with E-state index in [1.54, 1.807) is 18.2 Å². The molecule has 2 aliphatic heterocycles. The minimum atomic E-state index is -1.18. The van der Waals surface area contributed by atoms with Crippen LogP contribution >= 0.6 is 0 Å². The van der Waals surface area contributed by atoms with Crippen LogP contribution in [0.25, 0.3) is 0 Å². The van der Waals surface area contributed by atoms with Gasteiger partial charge in [0.1, 0.15) is 11.5 Å². The number of benzene rings is 3. The van der Waals surface area contributed by atoms with Gasteiger partial charge in [-0.05, 0) is 43.3 Å². The van der Waals surface area contributed by atoms with Gasteiger partial charge in [0.05, 0.1) is 5.56 Å². The zero-order valence-electron chi connectivity index (χ0n) is 18.7. The van der Waals surface area contributed by atoms with Gasteiger partial charge >= 0.3 is 5.97 Å². The van der Waals surface area contributed by atoms with Crippen molar-refractivity contribution >= 4 is 23.1 Å². The van der Waals surface area contributed by atoms with Crippen molar-refractivity contribution < 1.29 is 19.1 Å². The van der Waals surface area contributed by atoms with Crippen LogP contribution in [-0.4, -0.2) is 39.9 Å². The van der Waals surface area contributed by atoms with Crippen molar-refractivity contribution in [1.29, 1.82) is 0 Å². The summed E-state index contributed by atoms with van der Waals surface area (Å²) in [5.41, 5.74) is 3.88. The van der Waals surface area contributed by atoms with Crippen molar-refractivity contribution in [3.63, 3.8) is 0 Å². The van der Waals surface area contributed by atoms with E-state index in [9.17, 15) is 9.59 Å². The lowest BCUT2D eigenvalue weighted by Crippen LogP contribution is -2.33. The lowest BCUT2D eigenvalue weighted by Gasteiger charge is -2.37. The van der Waals surface area contributed by atoms with Crippen molar-refractivity contribution in [2.24, 2.45) is 0 Å². The van der Waals surface area contributed by atoms with E-state index >= 15 is 0 Å². The Morgan fingerprint density at radius 2 is 1.34 bits per heavy atom. The van der Waals surface area contributed by atoms with E-state index in [0.717, 1.165) is 22.5 Å². The van der Waals surface area contributed by atoms with Gasteiger partial charge in [0.15, 0.2) is 11.4 Å². The van der Waals surface area contributed by atoms with Crippen LogP contribution in [0, 0.1) is 0 Å². The molecule has 6 heteroatoms. The quantitative estimate of drug-likeness (QED) is 0.449. The number of carbonyl (C=O) groups is 2. The molecule has 0 fully saturated rings. The fraction of sp³-hybridized carbons (Fsp3) is 0.231. The molecule has 2 aliphatic rings. The summed E-state index contributed by atoms with van der Waals surface area (Å²) in [6.07, 6.45) is 0. The topological polar surface area (TPSA) is 59.1 Å². The summed E-state index contributed by atoms with van der Waals surface area (Å²) in [4.78, 5) is 29.2. The molecule has 0 bridgehead atoms. The van der Waals surface area contributed by atoms with Crippen molar-refractivity contribution in [2.45, 2.75) is 12.5 Å². The molecule has 0 aromatic heterocycles. The van der Waals surface area contributed by atoms with Crippen molar-refractivity contribution in [1.82, 2.24) is 0 Å². The minimum absolute atomic E-state index is 0.0688. The molecule has 5 rings (SSSR count). The Kier molecular flexibility index (Phi) is 4.31. The molecule has 3 aromatic carbocycles. The molecule has 0 radical (unpaired) electrons. The lowest BCUT2D eigenvalue weighted by atomic mass is 9.77. The second-order valence-electron chi connectivity index (χ2n) is 8.64. The summed E-state index contributed by atoms with van der Waals surface area (Å²) in [5.74, 6) is 0.755. The molecule has 1 spiro atoms. The summed E-state index contributed by atoms with van der Waals surface area (Å²) in [7, 11) is 7.84. The Morgan fingerprint density at radius 1 is 0.781 bits per heavy atom. The number of Topliss-reactive ketones (excluding diaryl/α,β-unsaturated/α-hetero) is 1. The predicted octanol–water partition coefficient (Wildman–Crippen LogP) is 4.59. The van der Waals surface area contributed by atoms with E-state index in [4.69, 9.17) is 9.47 Å². The van der Waals surface area contributed by atoms with Crippen LogP contribution in [0.15, 0.2) is 54.6 Å². The van der Waals surface area contributed by atoms with Crippen LogP contribution in [0.1, 0.15) is 44.3 Å². The second kappa shape index (κ2) is 6.85. The van der Waals surface area contributed by atoms with Gasteiger partial charge < -0.3 is 19.3 Å². The SMILES string of the molecule is CC(=O)c1ccc2c(c1)C1(OC2=O)c2ccc(N(C)C)cc2Oc2cc(N(C)C)ccc21. The molecule has 2 heterocycles. The molecule has 0 aliphatic carbocycles. The Hall–Kier alpha value is -3.80. The van der Waals surface area contributed by atoms with Crippen LogP contribution in [0.3, 0.4) is 0 Å². The fourth-order valence-electron chi connectivity index (χ4n) is 4.47. The molecule has 0 N–H and O–H groups in total. The number of ether oxygens (including phenoxy) is 2. The number of ketones is 1. The van der Waals surface area contributed by atoms with Gasteiger partial charge in [-0.15, -0.1) is 0 Å². The molecule has 0 atom stereocenters. The maximum atomic E-state index is 13.0. The first-order valence-corrected chi connectivity index (χ1v) is 10.4. The van der Waals surface area contributed by atoms with E-state index in [0.29, 0.717) is 28.2 Å². The van der Waals surface area contributed by atoms with Gasteiger partial charge in [0.2, 0.25) is 0 Å². The molecule has 0 amide bonds. The molecular weight excluding hydrogens is 404 g/mol. The predicted molar refractivity (Wildman–Crippen MR) is 123 cm³/mol. The second-order valence-corrected chi connectivity index (χ2v) is 8.64. The summed E-state index contributed by atoms with van der Waals surface area (Å²) >= 11 is 0.